The fourth-order valence-electron chi connectivity index (χ4n) is 3.76. The van der Waals surface area contributed by atoms with Crippen LogP contribution in [0.5, 0.6) is 0 Å². The van der Waals surface area contributed by atoms with Crippen LogP contribution in [0.4, 0.5) is 5.69 Å². The molecule has 8 heteroatoms. The highest BCUT2D eigenvalue weighted by atomic mass is 32.1. The minimum Gasteiger partial charge on any atom is -0.355 e. The van der Waals surface area contributed by atoms with Crippen LogP contribution in [-0.4, -0.2) is 39.1 Å². The fraction of sp³-hybridized carbons (Fsp3) is 0.273. The van der Waals surface area contributed by atoms with E-state index >= 15 is 0 Å². The lowest BCUT2D eigenvalue weighted by atomic mass is 9.95. The Hall–Kier alpha value is -3.13. The second-order valence-electron chi connectivity index (χ2n) is 7.14. The number of hydrogen-bond acceptors (Lipinski definition) is 5. The van der Waals surface area contributed by atoms with Gasteiger partial charge < -0.3 is 10.2 Å². The van der Waals surface area contributed by atoms with E-state index in [2.05, 4.69) is 28.3 Å². The summed E-state index contributed by atoms with van der Waals surface area (Å²) < 4.78 is 1.74. The Morgan fingerprint density at radius 2 is 1.80 bits per heavy atom. The van der Waals surface area contributed by atoms with Crippen LogP contribution < -0.4 is 10.2 Å². The van der Waals surface area contributed by atoms with E-state index in [-0.39, 0.29) is 24.7 Å². The van der Waals surface area contributed by atoms with Crippen molar-refractivity contribution in [1.82, 2.24) is 20.3 Å². The van der Waals surface area contributed by atoms with Crippen LogP contribution in [0.15, 0.2) is 48.5 Å². The molecule has 2 amide bonds. The van der Waals surface area contributed by atoms with E-state index in [0.29, 0.717) is 18.8 Å². The van der Waals surface area contributed by atoms with E-state index in [1.165, 1.54) is 0 Å². The Morgan fingerprint density at radius 1 is 1.07 bits per heavy atom. The van der Waals surface area contributed by atoms with Crippen molar-refractivity contribution in [2.75, 3.05) is 17.2 Å². The average molecular weight is 422 g/mol. The van der Waals surface area contributed by atoms with Crippen molar-refractivity contribution < 1.29 is 9.59 Å². The number of para-hydroxylation sites is 1. The molecule has 1 aliphatic rings. The number of aromatic nitrogens is 3. The molecule has 0 unspecified atom stereocenters. The van der Waals surface area contributed by atoms with Crippen LogP contribution in [-0.2, 0) is 23.2 Å². The number of benzene rings is 2. The number of hydrogen-bond donors (Lipinski definition) is 2. The largest absolute Gasteiger partial charge is 0.355 e. The van der Waals surface area contributed by atoms with Gasteiger partial charge in [-0.25, -0.2) is 4.68 Å². The number of aryl methyl sites for hydroxylation is 1. The normalized spacial score (nSPS) is 12.3. The highest BCUT2D eigenvalue weighted by Gasteiger charge is 2.28. The van der Waals surface area contributed by atoms with Crippen LogP contribution in [0, 0.1) is 0 Å². The van der Waals surface area contributed by atoms with Gasteiger partial charge in [-0.05, 0) is 11.6 Å². The zero-order valence-corrected chi connectivity index (χ0v) is 17.6. The topological polar surface area (TPSA) is 80.1 Å². The van der Waals surface area contributed by atoms with Gasteiger partial charge >= 0.3 is 0 Å². The SMILES string of the molecule is Cn1nnc2c1-c1ccccc1N(C(=O)CCC(=O)NCCS)Cc1ccccc1-2. The van der Waals surface area contributed by atoms with Crippen LogP contribution in [0.25, 0.3) is 22.5 Å². The highest BCUT2D eigenvalue weighted by molar-refractivity contribution is 7.80. The summed E-state index contributed by atoms with van der Waals surface area (Å²) in [6, 6.07) is 15.7. The van der Waals surface area contributed by atoms with Gasteiger partial charge in [-0.3, -0.25) is 9.59 Å². The molecule has 3 aromatic rings. The number of rotatable bonds is 5. The molecule has 154 valence electrons. The van der Waals surface area contributed by atoms with Crippen molar-refractivity contribution in [3.63, 3.8) is 0 Å². The number of thiol groups is 1. The van der Waals surface area contributed by atoms with Crippen LogP contribution in [0.2, 0.25) is 0 Å². The van der Waals surface area contributed by atoms with E-state index in [0.717, 1.165) is 33.8 Å². The van der Waals surface area contributed by atoms with Gasteiger partial charge in [-0.15, -0.1) is 5.10 Å². The van der Waals surface area contributed by atoms with Crippen molar-refractivity contribution >= 4 is 30.1 Å². The number of nitrogens with one attached hydrogen (secondary N) is 1. The zero-order chi connectivity index (χ0) is 21.1. The molecule has 0 atom stereocenters. The Labute approximate surface area is 180 Å². The summed E-state index contributed by atoms with van der Waals surface area (Å²) in [5.74, 6) is 0.324. The second kappa shape index (κ2) is 8.71. The minimum atomic E-state index is -0.142. The fourth-order valence-corrected chi connectivity index (χ4v) is 3.87. The number of anilines is 1. The third-order valence-corrected chi connectivity index (χ3v) is 5.40. The van der Waals surface area contributed by atoms with Crippen molar-refractivity contribution in [3.05, 3.63) is 54.1 Å². The summed E-state index contributed by atoms with van der Waals surface area (Å²) in [4.78, 5) is 27.0. The summed E-state index contributed by atoms with van der Waals surface area (Å²) in [6.45, 7) is 0.895. The molecule has 1 aromatic heterocycles. The third-order valence-electron chi connectivity index (χ3n) is 5.18. The maximum Gasteiger partial charge on any atom is 0.227 e. The first-order valence-corrected chi connectivity index (χ1v) is 10.5. The molecule has 0 saturated carbocycles. The van der Waals surface area contributed by atoms with Crippen LogP contribution >= 0.6 is 12.6 Å². The van der Waals surface area contributed by atoms with Gasteiger partial charge in [0.05, 0.1) is 17.9 Å². The maximum absolute atomic E-state index is 13.2. The van der Waals surface area contributed by atoms with Gasteiger partial charge in [0.15, 0.2) is 0 Å². The smallest absolute Gasteiger partial charge is 0.227 e. The molecule has 1 aliphatic heterocycles. The first-order valence-electron chi connectivity index (χ1n) is 9.85. The second-order valence-corrected chi connectivity index (χ2v) is 7.59. The predicted molar refractivity (Wildman–Crippen MR) is 119 cm³/mol. The third kappa shape index (κ3) is 3.82. The summed E-state index contributed by atoms with van der Waals surface area (Å²) in [6.07, 6.45) is 0.275. The summed E-state index contributed by atoms with van der Waals surface area (Å²) >= 11 is 4.09. The lowest BCUT2D eigenvalue weighted by Gasteiger charge is -2.28. The maximum atomic E-state index is 13.2. The molecule has 2 heterocycles. The van der Waals surface area contributed by atoms with E-state index in [1.807, 2.05) is 55.6 Å². The van der Waals surface area contributed by atoms with E-state index in [9.17, 15) is 9.59 Å². The Kier molecular flexibility index (Phi) is 5.85. The number of fused-ring (bicyclic) bond motifs is 5. The van der Waals surface area contributed by atoms with Crippen molar-refractivity contribution in [2.45, 2.75) is 19.4 Å². The molecule has 0 bridgehead atoms. The van der Waals surface area contributed by atoms with Gasteiger partial charge in [-0.1, -0.05) is 47.7 Å². The summed E-state index contributed by atoms with van der Waals surface area (Å²) in [5, 5.41) is 11.4. The van der Waals surface area contributed by atoms with Crippen LogP contribution in [0.1, 0.15) is 18.4 Å². The molecule has 2 aromatic carbocycles. The Balaban J connectivity index is 1.75. The van der Waals surface area contributed by atoms with Gasteiger partial charge in [0.2, 0.25) is 11.8 Å². The quantitative estimate of drug-likeness (QED) is 0.621. The molecule has 0 spiro atoms. The van der Waals surface area contributed by atoms with E-state index < -0.39 is 0 Å². The van der Waals surface area contributed by atoms with Crippen molar-refractivity contribution in [3.8, 4) is 22.5 Å². The standard InChI is InChI=1S/C22H23N5O2S/c1-26-22-17-8-4-5-9-18(17)27(20(29)11-10-19(28)23-12-13-30)14-15-6-2-3-7-16(15)21(22)24-25-26/h2-9,30H,10-14H2,1H3,(H,23,28). The van der Waals surface area contributed by atoms with E-state index in [1.54, 1.807) is 9.58 Å². The lowest BCUT2D eigenvalue weighted by molar-refractivity contribution is -0.125. The molecule has 0 aliphatic carbocycles. The molecule has 0 saturated heterocycles. The zero-order valence-electron chi connectivity index (χ0n) is 16.7. The molecule has 0 radical (unpaired) electrons. The molecule has 0 fully saturated rings. The first-order chi connectivity index (χ1) is 14.6. The molecule has 30 heavy (non-hydrogen) atoms. The molecule has 4 rings (SSSR count). The monoisotopic (exact) mass is 421 g/mol. The molecule has 7 nitrogen and oxygen atoms in total. The van der Waals surface area contributed by atoms with Crippen LogP contribution in [0.3, 0.4) is 0 Å². The van der Waals surface area contributed by atoms with E-state index in [4.69, 9.17) is 0 Å². The number of carbonyl (C=O) groups is 2. The average Bonchev–Trinajstić information content (AvgIpc) is 3.14. The minimum absolute atomic E-state index is 0.100. The summed E-state index contributed by atoms with van der Waals surface area (Å²) in [5.41, 5.74) is 5.30. The molecule has 1 N–H and O–H groups in total. The summed E-state index contributed by atoms with van der Waals surface area (Å²) in [7, 11) is 1.85. The van der Waals surface area contributed by atoms with Gasteiger partial charge in [0.25, 0.3) is 0 Å². The number of nitrogens with zero attached hydrogens (tertiary/aromatic N) is 4. The highest BCUT2D eigenvalue weighted by Crippen LogP contribution is 2.40. The van der Waals surface area contributed by atoms with Crippen molar-refractivity contribution in [1.29, 1.82) is 0 Å². The molecular weight excluding hydrogens is 398 g/mol. The number of amides is 2. The van der Waals surface area contributed by atoms with Gasteiger partial charge in [0.1, 0.15) is 5.69 Å². The Morgan fingerprint density at radius 3 is 2.60 bits per heavy atom. The van der Waals surface area contributed by atoms with Gasteiger partial charge in [0, 0.05) is 43.3 Å². The molecular formula is C22H23N5O2S. The first kappa shape index (κ1) is 20.2. The lowest BCUT2D eigenvalue weighted by Crippen LogP contribution is -2.33. The number of carbonyl (C=O) groups excluding carboxylic acids is 2. The van der Waals surface area contributed by atoms with Crippen molar-refractivity contribution in [2.24, 2.45) is 7.05 Å². The van der Waals surface area contributed by atoms with Gasteiger partial charge in [-0.2, -0.15) is 12.6 Å². The predicted octanol–water partition coefficient (Wildman–Crippen LogP) is 2.82. The Bertz CT molecular complexity index is 1090.